The average molecular weight is 470 g/mol. The molecule has 0 N–H and O–H groups in total. The fourth-order valence-electron chi connectivity index (χ4n) is 4.26. The number of amides is 1. The monoisotopic (exact) mass is 469 g/mol. The minimum Gasteiger partial charge on any atom is -0.376 e. The minimum absolute atomic E-state index is 0.00956. The number of benzene rings is 3. The van der Waals surface area contributed by atoms with Crippen LogP contribution in [0.15, 0.2) is 102 Å². The van der Waals surface area contributed by atoms with Gasteiger partial charge in [-0.05, 0) is 42.7 Å². The fourth-order valence-corrected chi connectivity index (χ4v) is 5.10. The largest absolute Gasteiger partial charge is 0.376 e. The number of aromatic nitrogens is 2. The quantitative estimate of drug-likeness (QED) is 0.289. The van der Waals surface area contributed by atoms with Crippen molar-refractivity contribution in [3.63, 3.8) is 0 Å². The first kappa shape index (κ1) is 22.4. The number of ether oxygens (including phenoxy) is 1. The summed E-state index contributed by atoms with van der Waals surface area (Å²) in [5.74, 6) is 0.288. The number of hydrogen-bond donors (Lipinski definition) is 0. The molecule has 0 radical (unpaired) electrons. The van der Waals surface area contributed by atoms with Gasteiger partial charge in [0.1, 0.15) is 0 Å². The summed E-state index contributed by atoms with van der Waals surface area (Å²) < 4.78 is 8.13. The Morgan fingerprint density at radius 1 is 0.941 bits per heavy atom. The second-order valence-electron chi connectivity index (χ2n) is 8.23. The van der Waals surface area contributed by atoms with Gasteiger partial charge in [-0.15, -0.1) is 0 Å². The van der Waals surface area contributed by atoms with Gasteiger partial charge in [0.15, 0.2) is 5.16 Å². The van der Waals surface area contributed by atoms with Crippen LogP contribution in [0, 0.1) is 0 Å². The summed E-state index contributed by atoms with van der Waals surface area (Å²) >= 11 is 1.48. The maximum Gasteiger partial charge on any atom is 0.242 e. The van der Waals surface area contributed by atoms with Gasteiger partial charge < -0.3 is 9.30 Å². The number of rotatable bonds is 8. The van der Waals surface area contributed by atoms with Gasteiger partial charge >= 0.3 is 0 Å². The van der Waals surface area contributed by atoms with Gasteiger partial charge in [-0.25, -0.2) is 4.98 Å². The Bertz CT molecular complexity index is 1170. The topological polar surface area (TPSA) is 47.4 Å². The molecule has 5 nitrogen and oxygen atoms in total. The number of para-hydroxylation sites is 2. The van der Waals surface area contributed by atoms with Crippen molar-refractivity contribution in [1.29, 1.82) is 0 Å². The number of nitrogens with zero attached hydrogens (tertiary/aromatic N) is 3. The Morgan fingerprint density at radius 2 is 1.56 bits per heavy atom. The highest BCUT2D eigenvalue weighted by Crippen LogP contribution is 2.30. The van der Waals surface area contributed by atoms with E-state index in [9.17, 15) is 4.79 Å². The molecule has 1 unspecified atom stereocenters. The van der Waals surface area contributed by atoms with Gasteiger partial charge in [0.2, 0.25) is 5.91 Å². The molecule has 1 fully saturated rings. The van der Waals surface area contributed by atoms with Crippen molar-refractivity contribution in [2.45, 2.75) is 30.6 Å². The Kier molecular flexibility index (Phi) is 7.08. The average Bonchev–Trinajstić information content (AvgIpc) is 3.55. The van der Waals surface area contributed by atoms with Crippen molar-refractivity contribution in [3.05, 3.63) is 97.2 Å². The summed E-state index contributed by atoms with van der Waals surface area (Å²) in [6.07, 6.45) is 4.22. The molecule has 1 atom stereocenters. The molecule has 1 aliphatic heterocycles. The third kappa shape index (κ3) is 5.08. The zero-order valence-corrected chi connectivity index (χ0v) is 19.7. The lowest BCUT2D eigenvalue weighted by Gasteiger charge is -2.23. The van der Waals surface area contributed by atoms with E-state index in [1.807, 2.05) is 85.1 Å². The zero-order chi connectivity index (χ0) is 23.2. The number of carbonyl (C=O) groups is 1. The smallest absolute Gasteiger partial charge is 0.242 e. The molecule has 6 heteroatoms. The van der Waals surface area contributed by atoms with Crippen LogP contribution in [0.5, 0.6) is 0 Å². The second-order valence-corrected chi connectivity index (χ2v) is 9.17. The van der Waals surface area contributed by atoms with Gasteiger partial charge in [-0.1, -0.05) is 78.5 Å². The molecule has 0 spiro atoms. The Hall–Kier alpha value is -3.35. The van der Waals surface area contributed by atoms with E-state index in [-0.39, 0.29) is 17.8 Å². The molecule has 2 heterocycles. The molecule has 4 aromatic rings. The predicted molar refractivity (Wildman–Crippen MR) is 137 cm³/mol. The Labute approximate surface area is 204 Å². The number of thioether (sulfide) groups is 1. The van der Waals surface area contributed by atoms with Crippen molar-refractivity contribution in [1.82, 2.24) is 9.55 Å². The van der Waals surface area contributed by atoms with Crippen molar-refractivity contribution in [3.8, 4) is 11.3 Å². The molecule has 1 aliphatic rings. The van der Waals surface area contributed by atoms with E-state index in [4.69, 9.17) is 9.72 Å². The molecule has 34 heavy (non-hydrogen) atoms. The fraction of sp³-hybridized carbons (Fsp3) is 0.214. The highest BCUT2D eigenvalue weighted by atomic mass is 32.2. The molecule has 1 amide bonds. The normalized spacial score (nSPS) is 15.4. The van der Waals surface area contributed by atoms with Crippen molar-refractivity contribution in [2.75, 3.05) is 17.3 Å². The van der Waals surface area contributed by atoms with Crippen molar-refractivity contribution < 1.29 is 9.53 Å². The number of hydrogen-bond acceptors (Lipinski definition) is 4. The van der Waals surface area contributed by atoms with Gasteiger partial charge in [0.05, 0.1) is 30.3 Å². The summed E-state index contributed by atoms with van der Waals surface area (Å²) in [5.41, 5.74) is 3.87. The SMILES string of the molecule is O=C(CSc1ncc(-c2ccccc2)n1CC1CCCO1)N(c1ccccc1)c1ccccc1. The van der Waals surface area contributed by atoms with Gasteiger partial charge in [0.25, 0.3) is 0 Å². The van der Waals surface area contributed by atoms with Crippen LogP contribution in [-0.2, 0) is 16.1 Å². The molecule has 1 aromatic heterocycles. The molecule has 0 bridgehead atoms. The molecule has 3 aromatic carbocycles. The first-order valence-corrected chi connectivity index (χ1v) is 12.6. The highest BCUT2D eigenvalue weighted by Gasteiger charge is 2.23. The Balaban J connectivity index is 1.40. The lowest BCUT2D eigenvalue weighted by atomic mass is 10.1. The van der Waals surface area contributed by atoms with Crippen LogP contribution in [-0.4, -0.2) is 33.9 Å². The van der Waals surface area contributed by atoms with E-state index in [1.54, 1.807) is 4.90 Å². The zero-order valence-electron chi connectivity index (χ0n) is 18.9. The number of carbonyl (C=O) groups excluding carboxylic acids is 1. The molecule has 1 saturated heterocycles. The third-order valence-corrected chi connectivity index (χ3v) is 6.88. The molecular formula is C28H27N3O2S. The summed E-state index contributed by atoms with van der Waals surface area (Å²) in [5, 5.41) is 0.837. The highest BCUT2D eigenvalue weighted by molar-refractivity contribution is 7.99. The van der Waals surface area contributed by atoms with Crippen LogP contribution in [0.1, 0.15) is 12.8 Å². The maximum atomic E-state index is 13.5. The molecular weight excluding hydrogens is 442 g/mol. The predicted octanol–water partition coefficient (Wildman–Crippen LogP) is 6.19. The second kappa shape index (κ2) is 10.7. The lowest BCUT2D eigenvalue weighted by Crippen LogP contribution is -2.27. The van der Waals surface area contributed by atoms with Crippen LogP contribution in [0.3, 0.4) is 0 Å². The number of imidazole rings is 1. The molecule has 5 rings (SSSR count). The van der Waals surface area contributed by atoms with E-state index >= 15 is 0 Å². The maximum absolute atomic E-state index is 13.5. The van der Waals surface area contributed by atoms with E-state index < -0.39 is 0 Å². The van der Waals surface area contributed by atoms with Crippen LogP contribution in [0.25, 0.3) is 11.3 Å². The van der Waals surface area contributed by atoms with E-state index in [0.717, 1.165) is 53.8 Å². The third-order valence-electron chi connectivity index (χ3n) is 5.90. The van der Waals surface area contributed by atoms with Crippen molar-refractivity contribution in [2.24, 2.45) is 0 Å². The lowest BCUT2D eigenvalue weighted by molar-refractivity contribution is -0.115. The summed E-state index contributed by atoms with van der Waals surface area (Å²) in [7, 11) is 0. The number of anilines is 2. The Morgan fingerprint density at radius 3 is 2.15 bits per heavy atom. The summed E-state index contributed by atoms with van der Waals surface area (Å²) in [6, 6.07) is 29.8. The van der Waals surface area contributed by atoms with Crippen LogP contribution in [0.4, 0.5) is 11.4 Å². The first-order valence-electron chi connectivity index (χ1n) is 11.6. The minimum atomic E-state index is 0.00956. The summed E-state index contributed by atoms with van der Waals surface area (Å²) in [4.78, 5) is 20.0. The molecule has 172 valence electrons. The van der Waals surface area contributed by atoms with Gasteiger partial charge in [-0.2, -0.15) is 0 Å². The van der Waals surface area contributed by atoms with E-state index in [2.05, 4.69) is 16.7 Å². The van der Waals surface area contributed by atoms with Crippen LogP contribution < -0.4 is 4.90 Å². The van der Waals surface area contributed by atoms with Crippen LogP contribution in [0.2, 0.25) is 0 Å². The first-order chi connectivity index (χ1) is 16.8. The van der Waals surface area contributed by atoms with Gasteiger partial charge in [-0.3, -0.25) is 9.69 Å². The molecule has 0 aliphatic carbocycles. The molecule has 0 saturated carbocycles. The standard InChI is InChI=1S/C28H27N3O2S/c32-27(31(23-13-6-2-7-14-23)24-15-8-3-9-16-24)21-34-28-29-19-26(22-11-4-1-5-12-22)30(28)20-25-17-10-18-33-25/h1-9,11-16,19,25H,10,17-18,20-21H2. The van der Waals surface area contributed by atoms with E-state index in [1.165, 1.54) is 11.8 Å². The summed E-state index contributed by atoms with van der Waals surface area (Å²) in [6.45, 7) is 1.55. The van der Waals surface area contributed by atoms with Crippen molar-refractivity contribution >= 4 is 29.0 Å². The van der Waals surface area contributed by atoms with Crippen LogP contribution >= 0.6 is 11.8 Å². The van der Waals surface area contributed by atoms with E-state index in [0.29, 0.717) is 0 Å². The van der Waals surface area contributed by atoms with Gasteiger partial charge in [0, 0.05) is 18.0 Å².